The second-order valence-electron chi connectivity index (χ2n) is 6.54. The molecule has 0 aromatic heterocycles. The lowest BCUT2D eigenvalue weighted by molar-refractivity contribution is -0.118. The van der Waals surface area contributed by atoms with E-state index >= 15 is 0 Å². The van der Waals surface area contributed by atoms with Gasteiger partial charge in [-0.25, -0.2) is 0 Å². The number of Topliss-reactive ketones (excluding diaryl/α,β-unsaturated/α-hetero) is 1. The fraction of sp³-hybridized carbons (Fsp3) is 0.333. The van der Waals surface area contributed by atoms with Gasteiger partial charge in [0.2, 0.25) is 0 Å². The SMILES string of the molecule is N/C(=N\OCCO)[C@@H](CC(=O)Cc1ccc(Cl)cc1)Cc1ccc(OC(F)F)cc1. The number of aliphatic hydroxyl groups excluding tert-OH is 1. The van der Waals surface area contributed by atoms with Gasteiger partial charge < -0.3 is 20.4 Å². The maximum Gasteiger partial charge on any atom is 0.387 e. The van der Waals surface area contributed by atoms with Crippen LogP contribution in [-0.2, 0) is 22.5 Å². The van der Waals surface area contributed by atoms with E-state index in [-0.39, 0.29) is 43.4 Å². The van der Waals surface area contributed by atoms with E-state index in [1.165, 1.54) is 12.1 Å². The Bertz CT molecular complexity index is 830. The zero-order chi connectivity index (χ0) is 21.9. The lowest BCUT2D eigenvalue weighted by Gasteiger charge is -2.16. The summed E-state index contributed by atoms with van der Waals surface area (Å²) < 4.78 is 28.9. The molecule has 2 rings (SSSR count). The van der Waals surface area contributed by atoms with E-state index in [2.05, 4.69) is 9.89 Å². The fourth-order valence-corrected chi connectivity index (χ4v) is 2.91. The van der Waals surface area contributed by atoms with Gasteiger partial charge >= 0.3 is 6.61 Å². The summed E-state index contributed by atoms with van der Waals surface area (Å²) >= 11 is 5.86. The molecule has 30 heavy (non-hydrogen) atoms. The molecule has 3 N–H and O–H groups in total. The zero-order valence-corrected chi connectivity index (χ0v) is 16.9. The molecule has 0 aliphatic rings. The zero-order valence-electron chi connectivity index (χ0n) is 16.1. The van der Waals surface area contributed by atoms with Crippen LogP contribution in [0.25, 0.3) is 0 Å². The highest BCUT2D eigenvalue weighted by molar-refractivity contribution is 6.30. The van der Waals surface area contributed by atoms with Crippen LogP contribution in [0.15, 0.2) is 53.7 Å². The lowest BCUT2D eigenvalue weighted by Crippen LogP contribution is -2.29. The van der Waals surface area contributed by atoms with Gasteiger partial charge in [0.15, 0.2) is 0 Å². The Hall–Kier alpha value is -2.71. The van der Waals surface area contributed by atoms with Crippen LogP contribution in [0.5, 0.6) is 5.75 Å². The van der Waals surface area contributed by atoms with Gasteiger partial charge in [0.1, 0.15) is 24.0 Å². The fourth-order valence-electron chi connectivity index (χ4n) is 2.79. The van der Waals surface area contributed by atoms with Crippen molar-refractivity contribution in [2.45, 2.75) is 25.9 Å². The molecule has 162 valence electrons. The predicted molar refractivity (Wildman–Crippen MR) is 110 cm³/mol. The number of nitrogens with zero attached hydrogens (tertiary/aromatic N) is 1. The third-order valence-corrected chi connectivity index (χ3v) is 4.44. The number of hydrogen-bond acceptors (Lipinski definition) is 5. The van der Waals surface area contributed by atoms with Crippen molar-refractivity contribution in [1.29, 1.82) is 0 Å². The molecule has 6 nitrogen and oxygen atoms in total. The molecule has 0 spiro atoms. The van der Waals surface area contributed by atoms with E-state index in [0.717, 1.165) is 11.1 Å². The lowest BCUT2D eigenvalue weighted by atomic mass is 9.91. The van der Waals surface area contributed by atoms with Crippen LogP contribution in [0.3, 0.4) is 0 Å². The van der Waals surface area contributed by atoms with Gasteiger partial charge in [-0.15, -0.1) is 0 Å². The molecule has 0 saturated heterocycles. The van der Waals surface area contributed by atoms with E-state index in [0.29, 0.717) is 11.4 Å². The van der Waals surface area contributed by atoms with Crippen molar-refractivity contribution in [3.8, 4) is 5.75 Å². The number of amidine groups is 1. The summed E-state index contributed by atoms with van der Waals surface area (Å²) in [4.78, 5) is 17.5. The molecule has 2 aromatic rings. The normalized spacial score (nSPS) is 12.6. The van der Waals surface area contributed by atoms with Crippen LogP contribution in [-0.4, -0.2) is 36.6 Å². The van der Waals surface area contributed by atoms with Crippen molar-refractivity contribution < 1.29 is 28.3 Å². The number of aliphatic hydroxyl groups is 1. The van der Waals surface area contributed by atoms with Crippen molar-refractivity contribution in [2.24, 2.45) is 16.8 Å². The first-order valence-corrected chi connectivity index (χ1v) is 9.61. The molecule has 0 unspecified atom stereocenters. The maximum absolute atomic E-state index is 12.6. The number of carbonyl (C=O) groups excluding carboxylic acids is 1. The number of benzene rings is 2. The highest BCUT2D eigenvalue weighted by Crippen LogP contribution is 2.20. The van der Waals surface area contributed by atoms with Crippen LogP contribution in [0.1, 0.15) is 17.5 Å². The maximum atomic E-state index is 12.6. The number of oxime groups is 1. The molecule has 0 heterocycles. The van der Waals surface area contributed by atoms with Crippen molar-refractivity contribution in [3.63, 3.8) is 0 Å². The molecule has 0 bridgehead atoms. The number of ether oxygens (including phenoxy) is 1. The van der Waals surface area contributed by atoms with Crippen LogP contribution < -0.4 is 10.5 Å². The number of nitrogens with two attached hydrogens (primary N) is 1. The Morgan fingerprint density at radius 1 is 1.10 bits per heavy atom. The van der Waals surface area contributed by atoms with Crippen molar-refractivity contribution in [1.82, 2.24) is 0 Å². The standard InChI is InChI=1S/C21H23ClF2N2O4/c22-17-5-1-15(2-6-17)12-18(28)13-16(20(25)26-29-10-9-27)11-14-3-7-19(8-4-14)30-21(23)24/h1-8,16,21,27H,9-13H2,(H2,25,26)/t16-/m1/s1. The minimum atomic E-state index is -2.90. The first kappa shape index (κ1) is 23.6. The molecular formula is C21H23ClF2N2O4. The van der Waals surface area contributed by atoms with Gasteiger partial charge in [-0.1, -0.05) is 41.0 Å². The molecule has 0 radical (unpaired) electrons. The summed E-state index contributed by atoms with van der Waals surface area (Å²) in [5.74, 6) is -0.372. The van der Waals surface area contributed by atoms with Gasteiger partial charge in [0.25, 0.3) is 0 Å². The van der Waals surface area contributed by atoms with E-state index in [9.17, 15) is 13.6 Å². The largest absolute Gasteiger partial charge is 0.435 e. The molecule has 2 aromatic carbocycles. The monoisotopic (exact) mass is 440 g/mol. The quantitative estimate of drug-likeness (QED) is 0.228. The summed E-state index contributed by atoms with van der Waals surface area (Å²) in [6.45, 7) is -3.14. The van der Waals surface area contributed by atoms with Crippen LogP contribution in [0, 0.1) is 5.92 Å². The number of alkyl halides is 2. The second kappa shape index (κ2) is 12.1. The molecule has 9 heteroatoms. The smallest absolute Gasteiger partial charge is 0.387 e. The average molecular weight is 441 g/mol. The first-order valence-electron chi connectivity index (χ1n) is 9.23. The van der Waals surface area contributed by atoms with Crippen LogP contribution >= 0.6 is 11.6 Å². The number of rotatable bonds is 12. The number of hydrogen-bond donors (Lipinski definition) is 2. The number of halogens is 3. The van der Waals surface area contributed by atoms with Crippen molar-refractivity contribution in [2.75, 3.05) is 13.2 Å². The topological polar surface area (TPSA) is 94.1 Å². The third-order valence-electron chi connectivity index (χ3n) is 4.19. The number of ketones is 1. The Morgan fingerprint density at radius 3 is 2.33 bits per heavy atom. The third kappa shape index (κ3) is 8.34. The molecule has 0 aliphatic heterocycles. The van der Waals surface area contributed by atoms with E-state index in [1.54, 1.807) is 36.4 Å². The van der Waals surface area contributed by atoms with Crippen molar-refractivity contribution >= 4 is 23.2 Å². The van der Waals surface area contributed by atoms with E-state index in [4.69, 9.17) is 27.3 Å². The Labute approximate surface area is 178 Å². The molecular weight excluding hydrogens is 418 g/mol. The summed E-state index contributed by atoms with van der Waals surface area (Å²) in [5.41, 5.74) is 7.60. The molecule has 0 fully saturated rings. The second-order valence-corrected chi connectivity index (χ2v) is 6.98. The van der Waals surface area contributed by atoms with Gasteiger partial charge in [0.05, 0.1) is 6.61 Å². The average Bonchev–Trinajstić information content (AvgIpc) is 2.70. The Balaban J connectivity index is 2.08. The van der Waals surface area contributed by atoms with Gasteiger partial charge in [-0.3, -0.25) is 4.79 Å². The van der Waals surface area contributed by atoms with E-state index < -0.39 is 12.5 Å². The summed E-state index contributed by atoms with van der Waals surface area (Å²) in [6, 6.07) is 13.1. The minimum Gasteiger partial charge on any atom is -0.435 e. The van der Waals surface area contributed by atoms with Gasteiger partial charge in [-0.2, -0.15) is 8.78 Å². The number of carbonyl (C=O) groups is 1. The van der Waals surface area contributed by atoms with Gasteiger partial charge in [-0.05, 0) is 41.8 Å². The highest BCUT2D eigenvalue weighted by Gasteiger charge is 2.20. The highest BCUT2D eigenvalue weighted by atomic mass is 35.5. The summed E-state index contributed by atoms with van der Waals surface area (Å²) in [5, 5.41) is 13.2. The van der Waals surface area contributed by atoms with Crippen LogP contribution in [0.4, 0.5) is 8.78 Å². The van der Waals surface area contributed by atoms with Gasteiger partial charge in [0, 0.05) is 23.8 Å². The molecule has 0 saturated carbocycles. The minimum absolute atomic E-state index is 0.0220. The molecule has 0 aliphatic carbocycles. The summed E-state index contributed by atoms with van der Waals surface area (Å²) in [7, 11) is 0. The molecule has 0 amide bonds. The van der Waals surface area contributed by atoms with Crippen molar-refractivity contribution in [3.05, 3.63) is 64.7 Å². The Morgan fingerprint density at radius 2 is 1.73 bits per heavy atom. The Kier molecular flexibility index (Phi) is 9.50. The first-order chi connectivity index (χ1) is 14.4. The van der Waals surface area contributed by atoms with E-state index in [1.807, 2.05) is 0 Å². The summed E-state index contributed by atoms with van der Waals surface area (Å²) in [6.07, 6.45) is 0.661. The molecule has 1 atom stereocenters. The van der Waals surface area contributed by atoms with Crippen LogP contribution in [0.2, 0.25) is 5.02 Å². The predicted octanol–water partition coefficient (Wildman–Crippen LogP) is 3.58.